The van der Waals surface area contributed by atoms with Crippen molar-refractivity contribution in [3.8, 4) is 5.75 Å². The minimum atomic E-state index is -1.62. The minimum Gasteiger partial charge on any atom is -0.483 e. The van der Waals surface area contributed by atoms with Crippen LogP contribution >= 0.6 is 0 Å². The van der Waals surface area contributed by atoms with E-state index in [1.54, 1.807) is 24.3 Å². The van der Waals surface area contributed by atoms with Gasteiger partial charge in [-0.2, -0.15) is 0 Å². The molecule has 0 radical (unpaired) electrons. The minimum absolute atomic E-state index is 0.00417. The van der Waals surface area contributed by atoms with Gasteiger partial charge in [0, 0.05) is 18.0 Å². The van der Waals surface area contributed by atoms with Crippen LogP contribution in [0.1, 0.15) is 56.9 Å². The SMILES string of the molecule is NC(=O)COc1ccccc1C1=NOC(CC(=O)O)(C(=O)NC2CCCCCC2)C1. The molecule has 9 heteroatoms. The number of benzene rings is 1. The van der Waals surface area contributed by atoms with Crippen molar-refractivity contribution in [3.05, 3.63) is 29.8 Å². The molecule has 1 unspecified atom stereocenters. The molecule has 1 aliphatic carbocycles. The number of rotatable bonds is 8. The first kappa shape index (κ1) is 21.6. The fraction of sp³-hybridized carbons (Fsp3) is 0.524. The van der Waals surface area contributed by atoms with Crippen molar-refractivity contribution < 1.29 is 29.1 Å². The summed E-state index contributed by atoms with van der Waals surface area (Å²) in [5.41, 5.74) is 4.43. The van der Waals surface area contributed by atoms with E-state index in [-0.39, 0.29) is 19.1 Å². The highest BCUT2D eigenvalue weighted by Gasteiger charge is 2.49. The largest absolute Gasteiger partial charge is 0.483 e. The second-order valence-corrected chi connectivity index (χ2v) is 7.78. The molecule has 1 aromatic rings. The van der Waals surface area contributed by atoms with Crippen LogP contribution < -0.4 is 15.8 Å². The molecule has 0 aromatic heterocycles. The Morgan fingerprint density at radius 2 is 1.90 bits per heavy atom. The highest BCUT2D eigenvalue weighted by atomic mass is 16.7. The molecule has 2 aliphatic rings. The summed E-state index contributed by atoms with van der Waals surface area (Å²) in [5.74, 6) is -1.89. The molecule has 1 saturated carbocycles. The summed E-state index contributed by atoms with van der Waals surface area (Å²) in [6.45, 7) is -0.312. The van der Waals surface area contributed by atoms with Crippen molar-refractivity contribution in [1.82, 2.24) is 5.32 Å². The quantitative estimate of drug-likeness (QED) is 0.550. The molecule has 0 saturated heterocycles. The van der Waals surface area contributed by atoms with Gasteiger partial charge < -0.3 is 25.7 Å². The molecular weight excluding hydrogens is 390 g/mol. The van der Waals surface area contributed by atoms with E-state index < -0.39 is 29.8 Å². The number of carboxylic acid groups (broad SMARTS) is 1. The number of nitrogens with two attached hydrogens (primary N) is 1. The Balaban J connectivity index is 1.77. The Morgan fingerprint density at radius 3 is 2.57 bits per heavy atom. The van der Waals surface area contributed by atoms with Gasteiger partial charge in [0.1, 0.15) is 5.75 Å². The number of oxime groups is 1. The lowest BCUT2D eigenvalue weighted by Gasteiger charge is -2.27. The summed E-state index contributed by atoms with van der Waals surface area (Å²) in [6.07, 6.45) is 5.54. The lowest BCUT2D eigenvalue weighted by molar-refractivity contribution is -0.156. The van der Waals surface area contributed by atoms with Gasteiger partial charge in [-0.15, -0.1) is 0 Å². The van der Waals surface area contributed by atoms with Gasteiger partial charge in [-0.3, -0.25) is 14.4 Å². The van der Waals surface area contributed by atoms with Crippen LogP contribution in [-0.4, -0.2) is 46.9 Å². The molecule has 30 heavy (non-hydrogen) atoms. The number of para-hydroxylation sites is 1. The predicted octanol–water partition coefficient (Wildman–Crippen LogP) is 1.73. The van der Waals surface area contributed by atoms with Gasteiger partial charge in [-0.05, 0) is 25.0 Å². The Labute approximate surface area is 174 Å². The maximum Gasteiger partial charge on any atom is 0.308 e. The van der Waals surface area contributed by atoms with E-state index in [2.05, 4.69) is 10.5 Å². The summed E-state index contributed by atoms with van der Waals surface area (Å²) in [6, 6.07) is 6.82. The molecule has 1 heterocycles. The molecule has 2 amide bonds. The topological polar surface area (TPSA) is 140 Å². The number of nitrogens with zero attached hydrogens (tertiary/aromatic N) is 1. The first-order chi connectivity index (χ1) is 14.4. The molecule has 0 bridgehead atoms. The van der Waals surface area contributed by atoms with Crippen molar-refractivity contribution in [2.24, 2.45) is 10.9 Å². The van der Waals surface area contributed by atoms with Crippen molar-refractivity contribution in [1.29, 1.82) is 0 Å². The average Bonchev–Trinajstić information content (AvgIpc) is 2.96. The number of primary amides is 1. The number of carboxylic acids is 1. The monoisotopic (exact) mass is 417 g/mol. The van der Waals surface area contributed by atoms with Crippen LogP contribution in [0.2, 0.25) is 0 Å². The molecule has 9 nitrogen and oxygen atoms in total. The first-order valence-electron chi connectivity index (χ1n) is 10.2. The van der Waals surface area contributed by atoms with Crippen molar-refractivity contribution in [3.63, 3.8) is 0 Å². The molecule has 3 rings (SSSR count). The van der Waals surface area contributed by atoms with Gasteiger partial charge in [-0.25, -0.2) is 0 Å². The third-order valence-corrected chi connectivity index (χ3v) is 5.39. The standard InChI is InChI=1S/C21H27N3O6/c22-18(25)13-29-17-10-6-5-9-15(17)16-11-21(30-24-16,12-19(26)27)20(28)23-14-7-3-1-2-4-8-14/h5-6,9-10,14H,1-4,7-8,11-13H2,(H2,22,25)(H,23,28)(H,26,27). The van der Waals surface area contributed by atoms with Crippen molar-refractivity contribution in [2.45, 2.75) is 63.0 Å². The molecule has 1 atom stereocenters. The molecule has 4 N–H and O–H groups in total. The lowest BCUT2D eigenvalue weighted by Crippen LogP contribution is -2.51. The Kier molecular flexibility index (Phi) is 6.91. The van der Waals surface area contributed by atoms with Gasteiger partial charge in [0.25, 0.3) is 11.8 Å². The number of carbonyl (C=O) groups excluding carboxylic acids is 2. The van der Waals surface area contributed by atoms with Gasteiger partial charge in [-0.1, -0.05) is 43.0 Å². The Morgan fingerprint density at radius 1 is 1.20 bits per heavy atom. The van der Waals surface area contributed by atoms with Crippen LogP contribution in [0.15, 0.2) is 29.4 Å². The average molecular weight is 417 g/mol. The fourth-order valence-corrected chi connectivity index (χ4v) is 3.88. The van der Waals surface area contributed by atoms with Crippen LogP contribution in [0.4, 0.5) is 0 Å². The molecule has 1 aliphatic heterocycles. The molecule has 1 fully saturated rings. The van der Waals surface area contributed by atoms with E-state index in [9.17, 15) is 19.5 Å². The zero-order valence-electron chi connectivity index (χ0n) is 16.8. The number of ether oxygens (including phenoxy) is 1. The fourth-order valence-electron chi connectivity index (χ4n) is 3.88. The number of carbonyl (C=O) groups is 3. The number of aliphatic carboxylic acids is 1. The second-order valence-electron chi connectivity index (χ2n) is 7.78. The van der Waals surface area contributed by atoms with Gasteiger partial charge >= 0.3 is 5.97 Å². The van der Waals surface area contributed by atoms with Gasteiger partial charge in [0.15, 0.2) is 6.61 Å². The Hall–Kier alpha value is -3.10. The summed E-state index contributed by atoms with van der Waals surface area (Å²) in [7, 11) is 0. The Bertz CT molecular complexity index is 832. The zero-order valence-corrected chi connectivity index (χ0v) is 16.8. The van der Waals surface area contributed by atoms with Gasteiger partial charge in [0.2, 0.25) is 5.60 Å². The molecular formula is C21H27N3O6. The molecule has 162 valence electrons. The van der Waals surface area contributed by atoms with Crippen LogP contribution in [0.5, 0.6) is 5.75 Å². The smallest absolute Gasteiger partial charge is 0.308 e. The van der Waals surface area contributed by atoms with E-state index in [0.717, 1.165) is 38.5 Å². The normalized spacial score (nSPS) is 21.8. The second kappa shape index (κ2) is 9.60. The van der Waals surface area contributed by atoms with Crippen molar-refractivity contribution >= 4 is 23.5 Å². The predicted molar refractivity (Wildman–Crippen MR) is 108 cm³/mol. The number of amides is 2. The third kappa shape index (κ3) is 5.28. The van der Waals surface area contributed by atoms with Crippen LogP contribution in [0.25, 0.3) is 0 Å². The number of nitrogens with one attached hydrogen (secondary N) is 1. The number of hydrogen-bond acceptors (Lipinski definition) is 6. The van der Waals surface area contributed by atoms with E-state index in [4.69, 9.17) is 15.3 Å². The van der Waals surface area contributed by atoms with E-state index in [1.165, 1.54) is 0 Å². The first-order valence-corrected chi connectivity index (χ1v) is 10.2. The summed E-state index contributed by atoms with van der Waals surface area (Å²) < 4.78 is 5.43. The highest BCUT2D eigenvalue weighted by molar-refractivity contribution is 6.08. The van der Waals surface area contributed by atoms with Gasteiger partial charge in [0.05, 0.1) is 12.1 Å². The lowest BCUT2D eigenvalue weighted by atomic mass is 9.89. The van der Waals surface area contributed by atoms with Crippen LogP contribution in [0, 0.1) is 0 Å². The highest BCUT2D eigenvalue weighted by Crippen LogP contribution is 2.34. The van der Waals surface area contributed by atoms with E-state index in [0.29, 0.717) is 17.0 Å². The maximum atomic E-state index is 13.1. The van der Waals surface area contributed by atoms with E-state index >= 15 is 0 Å². The summed E-state index contributed by atoms with van der Waals surface area (Å²) >= 11 is 0. The van der Waals surface area contributed by atoms with E-state index in [1.807, 2.05) is 0 Å². The zero-order chi connectivity index (χ0) is 21.6. The van der Waals surface area contributed by atoms with Crippen molar-refractivity contribution in [2.75, 3.05) is 6.61 Å². The summed E-state index contributed by atoms with van der Waals surface area (Å²) in [5, 5.41) is 16.4. The third-order valence-electron chi connectivity index (χ3n) is 5.39. The summed E-state index contributed by atoms with van der Waals surface area (Å²) in [4.78, 5) is 41.1. The number of hydrogen-bond donors (Lipinski definition) is 3. The van der Waals surface area contributed by atoms with Crippen LogP contribution in [-0.2, 0) is 19.2 Å². The molecule has 1 aromatic carbocycles. The van der Waals surface area contributed by atoms with Crippen LogP contribution in [0.3, 0.4) is 0 Å². The molecule has 0 spiro atoms. The maximum absolute atomic E-state index is 13.1.